The molecule has 0 aliphatic carbocycles. The number of halogens is 1. The Labute approximate surface area is 193 Å². The van der Waals surface area contributed by atoms with Crippen LogP contribution in [-0.2, 0) is 16.0 Å². The van der Waals surface area contributed by atoms with Gasteiger partial charge in [-0.3, -0.25) is 14.9 Å². The normalized spacial score (nSPS) is 11.4. The van der Waals surface area contributed by atoms with Crippen molar-refractivity contribution < 1.29 is 19.2 Å². The molecule has 32 heavy (non-hydrogen) atoms. The molecule has 9 heteroatoms. The molecule has 1 atom stereocenters. The summed E-state index contributed by atoms with van der Waals surface area (Å²) in [5.74, 6) is -1.23. The predicted octanol–water partition coefficient (Wildman–Crippen LogP) is 4.91. The molecule has 3 aromatic carbocycles. The molecule has 0 saturated heterocycles. The van der Waals surface area contributed by atoms with Gasteiger partial charge in [0.25, 0.3) is 11.6 Å². The number of rotatable bonds is 8. The number of nitrogens with zero attached hydrogens (tertiary/aromatic N) is 1. The Kier molecular flexibility index (Phi) is 7.86. The molecule has 0 spiro atoms. The second-order valence-electron chi connectivity index (χ2n) is 6.73. The highest BCUT2D eigenvalue weighted by Crippen LogP contribution is 2.33. The Morgan fingerprint density at radius 3 is 2.41 bits per heavy atom. The van der Waals surface area contributed by atoms with Crippen LogP contribution in [0.15, 0.2) is 82.6 Å². The van der Waals surface area contributed by atoms with Crippen LogP contribution in [0, 0.1) is 10.1 Å². The molecule has 0 radical (unpaired) electrons. The number of ether oxygens (including phenoxy) is 1. The lowest BCUT2D eigenvalue weighted by Gasteiger charge is -2.18. The van der Waals surface area contributed by atoms with Crippen LogP contribution in [0.5, 0.6) is 0 Å². The summed E-state index contributed by atoms with van der Waals surface area (Å²) in [5, 5.41) is 14.5. The summed E-state index contributed by atoms with van der Waals surface area (Å²) in [7, 11) is 1.24. The van der Waals surface area contributed by atoms with E-state index in [0.29, 0.717) is 9.92 Å². The van der Waals surface area contributed by atoms with E-state index in [1.807, 2.05) is 30.3 Å². The van der Waals surface area contributed by atoms with Crippen molar-refractivity contribution in [1.82, 2.24) is 5.32 Å². The van der Waals surface area contributed by atoms with Crippen LogP contribution in [0.4, 0.5) is 5.69 Å². The summed E-state index contributed by atoms with van der Waals surface area (Å²) in [6, 6.07) is 19.2. The zero-order chi connectivity index (χ0) is 23.1. The van der Waals surface area contributed by atoms with Gasteiger partial charge < -0.3 is 10.1 Å². The lowest BCUT2D eigenvalue weighted by atomic mass is 10.1. The Bertz CT molecular complexity index is 1120. The van der Waals surface area contributed by atoms with E-state index in [4.69, 9.17) is 16.3 Å². The molecule has 0 aliphatic heterocycles. The third kappa shape index (κ3) is 6.09. The van der Waals surface area contributed by atoms with Crippen molar-refractivity contribution in [2.45, 2.75) is 22.3 Å². The summed E-state index contributed by atoms with van der Waals surface area (Å²) in [5.41, 5.74) is 0.687. The zero-order valence-corrected chi connectivity index (χ0v) is 18.6. The number of esters is 1. The highest BCUT2D eigenvalue weighted by atomic mass is 35.5. The van der Waals surface area contributed by atoms with Gasteiger partial charge in [-0.05, 0) is 35.9 Å². The molecule has 0 aromatic heterocycles. The van der Waals surface area contributed by atoms with Crippen molar-refractivity contribution in [1.29, 1.82) is 0 Å². The molecule has 0 fully saturated rings. The van der Waals surface area contributed by atoms with Crippen LogP contribution < -0.4 is 5.32 Å². The van der Waals surface area contributed by atoms with Gasteiger partial charge in [-0.1, -0.05) is 53.7 Å². The second kappa shape index (κ2) is 10.8. The van der Waals surface area contributed by atoms with Crippen molar-refractivity contribution in [2.75, 3.05) is 7.11 Å². The lowest BCUT2D eigenvalue weighted by Crippen LogP contribution is -2.43. The van der Waals surface area contributed by atoms with E-state index in [1.54, 1.807) is 24.3 Å². The Morgan fingerprint density at radius 1 is 1.09 bits per heavy atom. The van der Waals surface area contributed by atoms with Crippen LogP contribution in [0.25, 0.3) is 0 Å². The van der Waals surface area contributed by atoms with Crippen LogP contribution in [0.2, 0.25) is 5.02 Å². The summed E-state index contributed by atoms with van der Waals surface area (Å²) in [4.78, 5) is 37.4. The number of nitro groups is 1. The first-order valence-corrected chi connectivity index (χ1v) is 10.7. The predicted molar refractivity (Wildman–Crippen MR) is 122 cm³/mol. The van der Waals surface area contributed by atoms with Crippen LogP contribution in [0.1, 0.15) is 15.9 Å². The molecule has 1 N–H and O–H groups in total. The fourth-order valence-corrected chi connectivity index (χ4v) is 4.00. The fraction of sp³-hybridized carbons (Fsp3) is 0.130. The average molecular weight is 471 g/mol. The second-order valence-corrected chi connectivity index (χ2v) is 8.28. The quantitative estimate of drug-likeness (QED) is 0.285. The summed E-state index contributed by atoms with van der Waals surface area (Å²) in [6.07, 6.45) is 0.216. The minimum Gasteiger partial charge on any atom is -0.467 e. The number of hydrogen-bond donors (Lipinski definition) is 1. The Morgan fingerprint density at radius 2 is 1.78 bits per heavy atom. The van der Waals surface area contributed by atoms with Gasteiger partial charge in [0.15, 0.2) is 0 Å². The maximum atomic E-state index is 13.1. The number of non-ortho nitro benzene ring substituents is 1. The molecular weight excluding hydrogens is 452 g/mol. The average Bonchev–Trinajstić information content (AvgIpc) is 2.80. The molecule has 0 heterocycles. The molecule has 1 amide bonds. The Hall–Kier alpha value is -3.36. The van der Waals surface area contributed by atoms with E-state index in [-0.39, 0.29) is 17.7 Å². The Balaban J connectivity index is 1.90. The minimum atomic E-state index is -0.956. The molecule has 0 saturated carbocycles. The number of nitrogens with one attached hydrogen (secondary N) is 1. The molecule has 3 rings (SSSR count). The molecule has 0 unspecified atom stereocenters. The molecular formula is C23H19ClN2O5S. The van der Waals surface area contributed by atoms with E-state index >= 15 is 0 Å². The maximum absolute atomic E-state index is 13.1. The van der Waals surface area contributed by atoms with Gasteiger partial charge >= 0.3 is 5.97 Å². The van der Waals surface area contributed by atoms with Crippen molar-refractivity contribution in [3.63, 3.8) is 0 Å². The topological polar surface area (TPSA) is 98.5 Å². The largest absolute Gasteiger partial charge is 0.467 e. The van der Waals surface area contributed by atoms with Gasteiger partial charge in [-0.25, -0.2) is 4.79 Å². The fourth-order valence-electron chi connectivity index (χ4n) is 2.95. The van der Waals surface area contributed by atoms with Gasteiger partial charge in [0.05, 0.1) is 17.6 Å². The van der Waals surface area contributed by atoms with E-state index in [1.165, 1.54) is 37.1 Å². The monoisotopic (exact) mass is 470 g/mol. The number of benzene rings is 3. The van der Waals surface area contributed by atoms with Crippen LogP contribution >= 0.6 is 23.4 Å². The third-order valence-corrected chi connectivity index (χ3v) is 5.87. The van der Waals surface area contributed by atoms with E-state index < -0.39 is 22.8 Å². The van der Waals surface area contributed by atoms with E-state index in [0.717, 1.165) is 10.5 Å². The standard InChI is InChI=1S/C23H19ClN2O5S/c1-31-23(28)20(13-15-5-3-2-4-6-15)25-22(27)19-14-17(26(29)30)9-12-21(19)32-18-10-7-16(24)8-11-18/h2-12,14,20H,13H2,1H3,(H,25,27)/t20-/m1/s1. The first-order chi connectivity index (χ1) is 15.4. The number of amides is 1. The highest BCUT2D eigenvalue weighted by molar-refractivity contribution is 7.99. The number of nitro benzene ring substituents is 1. The van der Waals surface area contributed by atoms with Gasteiger partial charge in [0, 0.05) is 33.4 Å². The number of methoxy groups -OCH3 is 1. The molecule has 0 bridgehead atoms. The highest BCUT2D eigenvalue weighted by Gasteiger charge is 2.25. The molecule has 164 valence electrons. The molecule has 3 aromatic rings. The lowest BCUT2D eigenvalue weighted by molar-refractivity contribution is -0.384. The number of carbonyl (C=O) groups is 2. The van der Waals surface area contributed by atoms with Crippen LogP contribution in [0.3, 0.4) is 0 Å². The van der Waals surface area contributed by atoms with E-state index in [9.17, 15) is 19.7 Å². The summed E-state index contributed by atoms with van der Waals surface area (Å²) < 4.78 is 4.84. The van der Waals surface area contributed by atoms with Crippen molar-refractivity contribution in [2.24, 2.45) is 0 Å². The van der Waals surface area contributed by atoms with Gasteiger partial charge in [0.2, 0.25) is 0 Å². The van der Waals surface area contributed by atoms with Gasteiger partial charge in [-0.15, -0.1) is 0 Å². The maximum Gasteiger partial charge on any atom is 0.328 e. The van der Waals surface area contributed by atoms with Gasteiger partial charge in [-0.2, -0.15) is 0 Å². The van der Waals surface area contributed by atoms with E-state index in [2.05, 4.69) is 5.32 Å². The van der Waals surface area contributed by atoms with Crippen molar-refractivity contribution in [3.8, 4) is 0 Å². The molecule has 0 aliphatic rings. The minimum absolute atomic E-state index is 0.0844. The number of hydrogen-bond acceptors (Lipinski definition) is 6. The summed E-state index contributed by atoms with van der Waals surface area (Å²) >= 11 is 7.19. The zero-order valence-electron chi connectivity index (χ0n) is 17.0. The SMILES string of the molecule is COC(=O)[C@@H](Cc1ccccc1)NC(=O)c1cc([N+](=O)[O-])ccc1Sc1ccc(Cl)cc1. The third-order valence-electron chi connectivity index (χ3n) is 4.53. The van der Waals surface area contributed by atoms with Crippen LogP contribution in [-0.4, -0.2) is 30.0 Å². The van der Waals surface area contributed by atoms with Crippen molar-refractivity contribution >= 4 is 40.9 Å². The summed E-state index contributed by atoms with van der Waals surface area (Å²) in [6.45, 7) is 0. The first kappa shape index (κ1) is 23.3. The van der Waals surface area contributed by atoms with Crippen molar-refractivity contribution in [3.05, 3.63) is 99.1 Å². The smallest absolute Gasteiger partial charge is 0.328 e. The molecule has 7 nitrogen and oxygen atoms in total. The van der Waals surface area contributed by atoms with Gasteiger partial charge in [0.1, 0.15) is 6.04 Å². The number of carbonyl (C=O) groups excluding carboxylic acids is 2. The first-order valence-electron chi connectivity index (χ1n) is 9.52.